The summed E-state index contributed by atoms with van der Waals surface area (Å²) in [5.74, 6) is 0. The van der Waals surface area contributed by atoms with Gasteiger partial charge in [0.1, 0.15) is 5.69 Å². The van der Waals surface area contributed by atoms with Crippen LogP contribution in [0.25, 0.3) is 10.7 Å². The molecule has 0 spiro atoms. The zero-order valence-electron chi connectivity index (χ0n) is 8.89. The quantitative estimate of drug-likeness (QED) is 0.835. The first-order valence-corrected chi connectivity index (χ1v) is 5.63. The summed E-state index contributed by atoms with van der Waals surface area (Å²) in [6, 6.07) is 3.35. The number of nitrogens with zero attached hydrogens (tertiary/aromatic N) is 3. The van der Waals surface area contributed by atoms with E-state index in [-0.39, 0.29) is 5.56 Å². The van der Waals surface area contributed by atoms with Gasteiger partial charge in [-0.2, -0.15) is 5.10 Å². The van der Waals surface area contributed by atoms with Gasteiger partial charge in [-0.15, -0.1) is 10.2 Å². The van der Waals surface area contributed by atoms with E-state index in [0.29, 0.717) is 16.7 Å². The smallest absolute Gasteiger partial charge is 0.264 e. The first kappa shape index (κ1) is 10.7. The van der Waals surface area contributed by atoms with Gasteiger partial charge >= 0.3 is 0 Å². The molecule has 0 atom stereocenters. The lowest BCUT2D eigenvalue weighted by Gasteiger charge is -2.02. The predicted octanol–water partition coefficient (Wildman–Crippen LogP) is 1.11. The SMILES string of the molecule is CC(C)Nc1nnc(-c2ccc(=O)[nH]n2)s1. The number of rotatable bonds is 3. The van der Waals surface area contributed by atoms with Gasteiger partial charge in [0.05, 0.1) is 0 Å². The number of hydrogen-bond donors (Lipinski definition) is 2. The Morgan fingerprint density at radius 1 is 1.38 bits per heavy atom. The zero-order chi connectivity index (χ0) is 11.5. The van der Waals surface area contributed by atoms with Crippen LogP contribution in [0.4, 0.5) is 5.13 Å². The average Bonchev–Trinajstić information content (AvgIpc) is 2.66. The highest BCUT2D eigenvalue weighted by atomic mass is 32.1. The molecule has 0 aliphatic heterocycles. The molecule has 2 heterocycles. The molecule has 16 heavy (non-hydrogen) atoms. The maximum absolute atomic E-state index is 10.8. The first-order valence-electron chi connectivity index (χ1n) is 4.81. The Morgan fingerprint density at radius 3 is 2.81 bits per heavy atom. The van der Waals surface area contributed by atoms with Gasteiger partial charge in [-0.25, -0.2) is 5.10 Å². The van der Waals surface area contributed by atoms with Crippen molar-refractivity contribution in [2.75, 3.05) is 5.32 Å². The zero-order valence-corrected chi connectivity index (χ0v) is 9.71. The van der Waals surface area contributed by atoms with Crippen molar-refractivity contribution in [1.82, 2.24) is 20.4 Å². The number of aromatic amines is 1. The van der Waals surface area contributed by atoms with Crippen molar-refractivity contribution >= 4 is 16.5 Å². The molecule has 0 aliphatic rings. The van der Waals surface area contributed by atoms with Crippen molar-refractivity contribution in [3.8, 4) is 10.7 Å². The van der Waals surface area contributed by atoms with Crippen molar-refractivity contribution in [2.24, 2.45) is 0 Å². The van der Waals surface area contributed by atoms with E-state index in [9.17, 15) is 4.79 Å². The largest absolute Gasteiger partial charge is 0.358 e. The maximum atomic E-state index is 10.8. The molecule has 0 fully saturated rings. The molecule has 6 nitrogen and oxygen atoms in total. The van der Waals surface area contributed by atoms with Crippen LogP contribution in [0.2, 0.25) is 0 Å². The van der Waals surface area contributed by atoms with E-state index in [4.69, 9.17) is 0 Å². The molecule has 2 N–H and O–H groups in total. The Morgan fingerprint density at radius 2 is 2.19 bits per heavy atom. The van der Waals surface area contributed by atoms with Crippen LogP contribution in [0.3, 0.4) is 0 Å². The Balaban J connectivity index is 2.24. The van der Waals surface area contributed by atoms with Crippen molar-refractivity contribution in [3.05, 3.63) is 22.5 Å². The third kappa shape index (κ3) is 2.43. The molecule has 2 aromatic rings. The average molecular weight is 237 g/mol. The Labute approximate surface area is 95.8 Å². The molecule has 0 saturated carbocycles. The molecular formula is C9H11N5OS. The lowest BCUT2D eigenvalue weighted by atomic mass is 10.4. The molecule has 0 unspecified atom stereocenters. The molecule has 0 bridgehead atoms. The fraction of sp³-hybridized carbons (Fsp3) is 0.333. The molecule has 0 radical (unpaired) electrons. The summed E-state index contributed by atoms with van der Waals surface area (Å²) in [5.41, 5.74) is 0.391. The van der Waals surface area contributed by atoms with E-state index < -0.39 is 0 Å². The molecule has 2 rings (SSSR count). The predicted molar refractivity (Wildman–Crippen MR) is 62.5 cm³/mol. The fourth-order valence-corrected chi connectivity index (χ4v) is 1.95. The number of anilines is 1. The minimum absolute atomic E-state index is 0.228. The van der Waals surface area contributed by atoms with Gasteiger partial charge in [0.25, 0.3) is 5.56 Å². The number of hydrogen-bond acceptors (Lipinski definition) is 6. The maximum Gasteiger partial charge on any atom is 0.264 e. The van der Waals surface area contributed by atoms with Gasteiger partial charge in [-0.1, -0.05) is 11.3 Å². The fourth-order valence-electron chi connectivity index (χ4n) is 1.10. The van der Waals surface area contributed by atoms with Crippen molar-refractivity contribution < 1.29 is 0 Å². The molecule has 2 aromatic heterocycles. The van der Waals surface area contributed by atoms with Crippen LogP contribution in [0.1, 0.15) is 13.8 Å². The number of H-pyrrole nitrogens is 1. The summed E-state index contributed by atoms with van der Waals surface area (Å²) in [5, 5.41) is 18.8. The summed E-state index contributed by atoms with van der Waals surface area (Å²) in [4.78, 5) is 10.8. The van der Waals surface area contributed by atoms with Gasteiger partial charge < -0.3 is 5.32 Å². The first-order chi connectivity index (χ1) is 7.65. The minimum atomic E-state index is -0.228. The summed E-state index contributed by atoms with van der Waals surface area (Å²) in [6.45, 7) is 4.05. The van der Waals surface area contributed by atoms with Gasteiger partial charge in [0, 0.05) is 12.1 Å². The molecule has 84 valence electrons. The van der Waals surface area contributed by atoms with Crippen molar-refractivity contribution in [3.63, 3.8) is 0 Å². The van der Waals surface area contributed by atoms with Gasteiger partial charge in [0.15, 0.2) is 5.01 Å². The highest BCUT2D eigenvalue weighted by Crippen LogP contribution is 2.23. The van der Waals surface area contributed by atoms with E-state index in [1.807, 2.05) is 13.8 Å². The second-order valence-corrected chi connectivity index (χ2v) is 4.50. The van der Waals surface area contributed by atoms with Crippen LogP contribution >= 0.6 is 11.3 Å². The Kier molecular flexibility index (Phi) is 2.95. The normalized spacial score (nSPS) is 10.7. The highest BCUT2D eigenvalue weighted by molar-refractivity contribution is 7.18. The second kappa shape index (κ2) is 4.40. The lowest BCUT2D eigenvalue weighted by Crippen LogP contribution is -2.08. The van der Waals surface area contributed by atoms with E-state index >= 15 is 0 Å². The van der Waals surface area contributed by atoms with Crippen LogP contribution in [0.5, 0.6) is 0 Å². The van der Waals surface area contributed by atoms with Crippen LogP contribution in [0, 0.1) is 0 Å². The molecule has 0 aromatic carbocycles. The molecule has 0 saturated heterocycles. The molecular weight excluding hydrogens is 226 g/mol. The number of nitrogens with one attached hydrogen (secondary N) is 2. The number of aromatic nitrogens is 4. The third-order valence-corrected chi connectivity index (χ3v) is 2.61. The lowest BCUT2D eigenvalue weighted by molar-refractivity contribution is 0.887. The van der Waals surface area contributed by atoms with E-state index in [0.717, 1.165) is 5.13 Å². The molecule has 0 aliphatic carbocycles. The van der Waals surface area contributed by atoms with Gasteiger partial charge in [-0.3, -0.25) is 4.79 Å². The van der Waals surface area contributed by atoms with Gasteiger partial charge in [-0.05, 0) is 19.9 Å². The van der Waals surface area contributed by atoms with Crippen LogP contribution < -0.4 is 10.9 Å². The third-order valence-electron chi connectivity index (χ3n) is 1.74. The highest BCUT2D eigenvalue weighted by Gasteiger charge is 2.08. The molecule has 0 amide bonds. The summed E-state index contributed by atoms with van der Waals surface area (Å²) in [6.07, 6.45) is 0. The second-order valence-electron chi connectivity index (χ2n) is 3.52. The van der Waals surface area contributed by atoms with Crippen molar-refractivity contribution in [1.29, 1.82) is 0 Å². The molecule has 7 heteroatoms. The van der Waals surface area contributed by atoms with Crippen LogP contribution in [0.15, 0.2) is 16.9 Å². The van der Waals surface area contributed by atoms with Crippen LogP contribution in [-0.4, -0.2) is 26.4 Å². The monoisotopic (exact) mass is 237 g/mol. The van der Waals surface area contributed by atoms with Crippen molar-refractivity contribution in [2.45, 2.75) is 19.9 Å². The Hall–Kier alpha value is -1.76. The standard InChI is InChI=1S/C9H11N5OS/c1-5(2)10-9-14-13-8(16-9)6-3-4-7(15)12-11-6/h3-5H,1-2H3,(H,10,14)(H,12,15). The summed E-state index contributed by atoms with van der Waals surface area (Å²) in [7, 11) is 0. The summed E-state index contributed by atoms with van der Waals surface area (Å²) < 4.78 is 0. The van der Waals surface area contributed by atoms with E-state index in [1.165, 1.54) is 17.4 Å². The van der Waals surface area contributed by atoms with E-state index in [2.05, 4.69) is 25.7 Å². The summed E-state index contributed by atoms with van der Waals surface area (Å²) >= 11 is 1.40. The Bertz CT molecular complexity index is 512. The van der Waals surface area contributed by atoms with Crippen LogP contribution in [-0.2, 0) is 0 Å². The topological polar surface area (TPSA) is 83.6 Å². The minimum Gasteiger partial charge on any atom is -0.358 e. The van der Waals surface area contributed by atoms with Gasteiger partial charge in [0.2, 0.25) is 5.13 Å². The van der Waals surface area contributed by atoms with E-state index in [1.54, 1.807) is 6.07 Å².